The zero-order chi connectivity index (χ0) is 11.5. The summed E-state index contributed by atoms with van der Waals surface area (Å²) < 4.78 is 0. The minimum atomic E-state index is -0.725. The molecule has 0 bridgehead atoms. The average Bonchev–Trinajstić information content (AvgIpc) is 2.20. The van der Waals surface area contributed by atoms with E-state index in [-0.39, 0.29) is 25.4 Å². The molecule has 0 saturated carbocycles. The fourth-order valence-electron chi connectivity index (χ4n) is 1.47. The monoisotopic (exact) mass is 253 g/mol. The smallest absolute Gasteiger partial charge is 0.303 e. The maximum absolute atomic E-state index is 10.3. The third-order valence-electron chi connectivity index (χ3n) is 2.36. The number of carboxylic acid groups (broad SMARTS) is 1. The van der Waals surface area contributed by atoms with Gasteiger partial charge in [-0.05, 0) is 32.4 Å². The summed E-state index contributed by atoms with van der Waals surface area (Å²) in [5.41, 5.74) is 0. The Labute approximate surface area is 104 Å². The predicted molar refractivity (Wildman–Crippen MR) is 67.2 cm³/mol. The largest absolute Gasteiger partial charge is 0.481 e. The van der Waals surface area contributed by atoms with Crippen molar-refractivity contribution in [3.05, 3.63) is 0 Å². The Balaban J connectivity index is 0. The molecule has 0 unspecified atom stereocenters. The van der Waals surface area contributed by atoms with Crippen LogP contribution < -0.4 is 0 Å². The predicted octanol–water partition coefficient (Wildman–Crippen LogP) is 1.76. The van der Waals surface area contributed by atoms with Crippen LogP contribution >= 0.6 is 12.4 Å². The number of hydrogen-bond acceptors (Lipinski definition) is 3. The molecule has 0 aliphatic rings. The van der Waals surface area contributed by atoms with Crippen LogP contribution in [0, 0.1) is 0 Å². The van der Waals surface area contributed by atoms with Gasteiger partial charge in [-0.2, -0.15) is 0 Å². The maximum atomic E-state index is 10.3. The van der Waals surface area contributed by atoms with Gasteiger partial charge in [-0.15, -0.1) is 12.4 Å². The second-order valence-electron chi connectivity index (χ2n) is 3.77. The van der Waals surface area contributed by atoms with E-state index in [1.807, 2.05) is 0 Å². The number of hydrogen-bond donors (Lipinski definition) is 2. The Morgan fingerprint density at radius 3 is 2.25 bits per heavy atom. The molecule has 2 N–H and O–H groups in total. The Hall–Kier alpha value is -0.320. The highest BCUT2D eigenvalue weighted by atomic mass is 35.5. The summed E-state index contributed by atoms with van der Waals surface area (Å²) in [6, 6.07) is 0. The Bertz CT molecular complexity index is 167. The number of halogens is 1. The first-order chi connectivity index (χ1) is 7.20. The van der Waals surface area contributed by atoms with Crippen LogP contribution in [0.15, 0.2) is 0 Å². The topological polar surface area (TPSA) is 60.8 Å². The van der Waals surface area contributed by atoms with E-state index in [1.165, 1.54) is 0 Å². The van der Waals surface area contributed by atoms with Gasteiger partial charge in [-0.1, -0.05) is 13.3 Å². The fraction of sp³-hybridized carbons (Fsp3) is 0.909. The summed E-state index contributed by atoms with van der Waals surface area (Å²) in [6.07, 6.45) is 4.16. The second kappa shape index (κ2) is 12.7. The molecule has 0 atom stereocenters. The molecular formula is C11H24ClNO3. The normalized spacial score (nSPS) is 10.2. The van der Waals surface area contributed by atoms with Crippen molar-refractivity contribution < 1.29 is 15.0 Å². The van der Waals surface area contributed by atoms with Crippen LogP contribution in [0.2, 0.25) is 0 Å². The van der Waals surface area contributed by atoms with E-state index in [0.717, 1.165) is 38.8 Å². The quantitative estimate of drug-likeness (QED) is 0.583. The molecule has 5 heteroatoms. The lowest BCUT2D eigenvalue weighted by Gasteiger charge is -2.20. The Morgan fingerprint density at radius 1 is 1.12 bits per heavy atom. The third-order valence-corrected chi connectivity index (χ3v) is 2.36. The maximum Gasteiger partial charge on any atom is 0.303 e. The number of aliphatic hydroxyl groups is 1. The van der Waals surface area contributed by atoms with Crippen molar-refractivity contribution in [3.63, 3.8) is 0 Å². The van der Waals surface area contributed by atoms with Gasteiger partial charge in [0.2, 0.25) is 0 Å². The summed E-state index contributed by atoms with van der Waals surface area (Å²) >= 11 is 0. The van der Waals surface area contributed by atoms with Gasteiger partial charge in [0.15, 0.2) is 0 Å². The lowest BCUT2D eigenvalue weighted by molar-refractivity contribution is -0.137. The number of unbranched alkanes of at least 4 members (excludes halogenated alkanes) is 2. The van der Waals surface area contributed by atoms with Crippen molar-refractivity contribution in [2.75, 3.05) is 26.2 Å². The molecule has 0 heterocycles. The van der Waals surface area contributed by atoms with Crippen molar-refractivity contribution in [3.8, 4) is 0 Å². The summed E-state index contributed by atoms with van der Waals surface area (Å²) in [5, 5.41) is 17.3. The summed E-state index contributed by atoms with van der Waals surface area (Å²) in [7, 11) is 0. The summed E-state index contributed by atoms with van der Waals surface area (Å²) in [5.74, 6) is -0.725. The van der Waals surface area contributed by atoms with E-state index in [9.17, 15) is 4.79 Å². The average molecular weight is 254 g/mol. The van der Waals surface area contributed by atoms with Gasteiger partial charge in [-0.3, -0.25) is 4.79 Å². The molecule has 0 rings (SSSR count). The minimum Gasteiger partial charge on any atom is -0.481 e. The molecule has 0 aromatic carbocycles. The van der Waals surface area contributed by atoms with E-state index < -0.39 is 5.97 Å². The van der Waals surface area contributed by atoms with Crippen LogP contribution in [-0.4, -0.2) is 47.3 Å². The fourth-order valence-corrected chi connectivity index (χ4v) is 1.47. The van der Waals surface area contributed by atoms with Crippen LogP contribution in [0.1, 0.15) is 39.0 Å². The van der Waals surface area contributed by atoms with Crippen LogP contribution in [0.5, 0.6) is 0 Å². The first-order valence-electron chi connectivity index (χ1n) is 5.75. The van der Waals surface area contributed by atoms with Crippen molar-refractivity contribution >= 4 is 18.4 Å². The first-order valence-corrected chi connectivity index (χ1v) is 5.75. The van der Waals surface area contributed by atoms with Crippen LogP contribution in [0.3, 0.4) is 0 Å². The molecule has 0 aliphatic carbocycles. The van der Waals surface area contributed by atoms with Crippen LogP contribution in [0.4, 0.5) is 0 Å². The molecule has 0 aliphatic heterocycles. The highest BCUT2D eigenvalue weighted by Crippen LogP contribution is 2.01. The van der Waals surface area contributed by atoms with E-state index in [1.54, 1.807) is 0 Å². The molecule has 16 heavy (non-hydrogen) atoms. The second-order valence-corrected chi connectivity index (χ2v) is 3.77. The van der Waals surface area contributed by atoms with Crippen molar-refractivity contribution in [2.24, 2.45) is 0 Å². The van der Waals surface area contributed by atoms with Crippen molar-refractivity contribution in [1.82, 2.24) is 4.90 Å². The number of carbonyl (C=O) groups is 1. The summed E-state index contributed by atoms with van der Waals surface area (Å²) in [4.78, 5) is 12.5. The lowest BCUT2D eigenvalue weighted by atomic mass is 10.2. The number of nitrogens with zero attached hydrogens (tertiary/aromatic N) is 1. The molecule has 98 valence electrons. The van der Waals surface area contributed by atoms with Gasteiger partial charge < -0.3 is 15.1 Å². The van der Waals surface area contributed by atoms with Gasteiger partial charge in [0.05, 0.1) is 6.61 Å². The van der Waals surface area contributed by atoms with Gasteiger partial charge in [0.25, 0.3) is 0 Å². The number of rotatable bonds is 10. The zero-order valence-corrected chi connectivity index (χ0v) is 10.8. The Kier molecular flexibility index (Phi) is 14.4. The standard InChI is InChI=1S/C11H23NO3.ClH/c1-2-3-7-12(9-10-13)8-5-4-6-11(14)15;/h13H,2-10H2,1H3,(H,14,15);1H. The van der Waals surface area contributed by atoms with Crippen LogP contribution in [-0.2, 0) is 4.79 Å². The van der Waals surface area contributed by atoms with Gasteiger partial charge in [0, 0.05) is 13.0 Å². The SMILES string of the molecule is CCCCN(CCO)CCCCC(=O)O.Cl. The minimum absolute atomic E-state index is 0. The summed E-state index contributed by atoms with van der Waals surface area (Å²) in [6.45, 7) is 4.93. The van der Waals surface area contributed by atoms with Gasteiger partial charge in [-0.25, -0.2) is 0 Å². The number of carboxylic acids is 1. The molecule has 0 fully saturated rings. The number of aliphatic hydroxyl groups excluding tert-OH is 1. The molecule has 0 amide bonds. The van der Waals surface area contributed by atoms with E-state index >= 15 is 0 Å². The Morgan fingerprint density at radius 2 is 1.75 bits per heavy atom. The molecule has 4 nitrogen and oxygen atoms in total. The molecule has 0 radical (unpaired) electrons. The first kappa shape index (κ1) is 18.1. The molecule has 0 spiro atoms. The van der Waals surface area contributed by atoms with E-state index in [0.29, 0.717) is 6.54 Å². The van der Waals surface area contributed by atoms with Gasteiger partial charge in [0.1, 0.15) is 0 Å². The highest BCUT2D eigenvalue weighted by Gasteiger charge is 2.03. The van der Waals surface area contributed by atoms with Gasteiger partial charge >= 0.3 is 5.97 Å². The molecule has 0 aromatic rings. The van der Waals surface area contributed by atoms with E-state index in [2.05, 4.69) is 11.8 Å². The van der Waals surface area contributed by atoms with Crippen molar-refractivity contribution in [2.45, 2.75) is 39.0 Å². The van der Waals surface area contributed by atoms with Crippen molar-refractivity contribution in [1.29, 1.82) is 0 Å². The molecule has 0 aromatic heterocycles. The molecule has 0 saturated heterocycles. The lowest BCUT2D eigenvalue weighted by Crippen LogP contribution is -2.29. The molecular weight excluding hydrogens is 230 g/mol. The highest BCUT2D eigenvalue weighted by molar-refractivity contribution is 5.85. The van der Waals surface area contributed by atoms with Crippen LogP contribution in [0.25, 0.3) is 0 Å². The number of aliphatic carboxylic acids is 1. The van der Waals surface area contributed by atoms with E-state index in [4.69, 9.17) is 10.2 Å². The zero-order valence-electron chi connectivity index (χ0n) is 10.0. The third kappa shape index (κ3) is 11.8.